The molecule has 104 valence electrons. The van der Waals surface area contributed by atoms with Gasteiger partial charge in [-0.3, -0.25) is 9.59 Å². The molecule has 1 aromatic heterocycles. The van der Waals surface area contributed by atoms with Crippen LogP contribution in [-0.2, 0) is 4.79 Å². The number of nitrogens with zero attached hydrogens (tertiary/aromatic N) is 2. The number of hydrogen-bond donors (Lipinski definition) is 1. The smallest absolute Gasteiger partial charge is 0.272 e. The number of pyridine rings is 1. The fourth-order valence-electron chi connectivity index (χ4n) is 1.80. The summed E-state index contributed by atoms with van der Waals surface area (Å²) in [5.41, 5.74) is 0.872. The second kappa shape index (κ2) is 5.88. The van der Waals surface area contributed by atoms with Gasteiger partial charge in [0, 0.05) is 19.5 Å². The number of hydrogen-bond acceptors (Lipinski definition) is 3. The molecule has 0 aliphatic heterocycles. The third-order valence-corrected chi connectivity index (χ3v) is 3.20. The molecular formula is C14H14ClN3O2. The average molecular weight is 292 g/mol. The standard InChI is InChI=1S/C14H14ClN3O2/c1-16-13(19)8-18(2)14(20)12-7-10(15)9-5-3-4-6-11(9)17-12/h3-7H,8H2,1-2H3,(H,16,19). The van der Waals surface area contributed by atoms with Crippen molar-refractivity contribution in [2.75, 3.05) is 20.6 Å². The summed E-state index contributed by atoms with van der Waals surface area (Å²) in [7, 11) is 3.06. The molecule has 1 N–H and O–H groups in total. The lowest BCUT2D eigenvalue weighted by molar-refractivity contribution is -0.121. The van der Waals surface area contributed by atoms with Gasteiger partial charge in [-0.1, -0.05) is 29.8 Å². The van der Waals surface area contributed by atoms with Gasteiger partial charge in [0.2, 0.25) is 5.91 Å². The fourth-order valence-corrected chi connectivity index (χ4v) is 2.07. The summed E-state index contributed by atoms with van der Waals surface area (Å²) in [5.74, 6) is -0.589. The first-order chi connectivity index (χ1) is 9.52. The van der Waals surface area contributed by atoms with E-state index in [0.717, 1.165) is 5.39 Å². The number of carbonyl (C=O) groups is 2. The maximum absolute atomic E-state index is 12.2. The molecule has 0 bridgehead atoms. The molecule has 0 radical (unpaired) electrons. The Morgan fingerprint density at radius 1 is 1.35 bits per heavy atom. The molecule has 0 saturated carbocycles. The summed E-state index contributed by atoms with van der Waals surface area (Å²) in [6.07, 6.45) is 0. The Morgan fingerprint density at radius 2 is 2.05 bits per heavy atom. The predicted molar refractivity (Wildman–Crippen MR) is 77.8 cm³/mol. The summed E-state index contributed by atoms with van der Waals surface area (Å²) < 4.78 is 0. The largest absolute Gasteiger partial charge is 0.358 e. The Labute approximate surface area is 121 Å². The van der Waals surface area contributed by atoms with Crippen molar-refractivity contribution in [2.45, 2.75) is 0 Å². The predicted octanol–water partition coefficient (Wildman–Crippen LogP) is 1.71. The monoisotopic (exact) mass is 291 g/mol. The molecule has 1 aromatic carbocycles. The van der Waals surface area contributed by atoms with Crippen LogP contribution in [0.3, 0.4) is 0 Å². The molecule has 0 saturated heterocycles. The number of likely N-dealkylation sites (N-methyl/N-ethyl adjacent to an activating group) is 2. The molecule has 0 unspecified atom stereocenters. The summed E-state index contributed by atoms with van der Waals surface area (Å²) in [5, 5.41) is 3.72. The number of rotatable bonds is 3. The van der Waals surface area contributed by atoms with E-state index >= 15 is 0 Å². The zero-order valence-corrected chi connectivity index (χ0v) is 11.9. The van der Waals surface area contributed by atoms with Crippen LogP contribution in [0.25, 0.3) is 10.9 Å². The summed E-state index contributed by atoms with van der Waals surface area (Å²) in [6.45, 7) is -0.0263. The van der Waals surface area contributed by atoms with Crippen LogP contribution in [0, 0.1) is 0 Å². The molecule has 0 fully saturated rings. The van der Waals surface area contributed by atoms with Gasteiger partial charge in [0.25, 0.3) is 5.91 Å². The van der Waals surface area contributed by atoms with E-state index in [1.807, 2.05) is 18.2 Å². The molecule has 5 nitrogen and oxygen atoms in total. The van der Waals surface area contributed by atoms with Crippen molar-refractivity contribution in [1.82, 2.24) is 15.2 Å². The summed E-state index contributed by atoms with van der Waals surface area (Å²) >= 11 is 6.15. The van der Waals surface area contributed by atoms with Crippen molar-refractivity contribution < 1.29 is 9.59 Å². The lowest BCUT2D eigenvalue weighted by atomic mass is 10.2. The van der Waals surface area contributed by atoms with Crippen molar-refractivity contribution in [3.05, 3.63) is 41.0 Å². The number of amides is 2. The number of nitrogens with one attached hydrogen (secondary N) is 1. The van der Waals surface area contributed by atoms with E-state index in [4.69, 9.17) is 11.6 Å². The van der Waals surface area contributed by atoms with Crippen molar-refractivity contribution in [2.24, 2.45) is 0 Å². The first-order valence-corrected chi connectivity index (χ1v) is 6.42. The van der Waals surface area contributed by atoms with Crippen LogP contribution in [0.1, 0.15) is 10.5 Å². The average Bonchev–Trinajstić information content (AvgIpc) is 2.46. The third kappa shape index (κ3) is 2.88. The van der Waals surface area contributed by atoms with E-state index in [-0.39, 0.29) is 24.1 Å². The van der Waals surface area contributed by atoms with E-state index < -0.39 is 0 Å². The van der Waals surface area contributed by atoms with E-state index in [1.165, 1.54) is 18.0 Å². The van der Waals surface area contributed by atoms with Gasteiger partial charge in [-0.2, -0.15) is 0 Å². The Kier molecular flexibility index (Phi) is 4.20. The van der Waals surface area contributed by atoms with Crippen molar-refractivity contribution in [3.8, 4) is 0 Å². The number of aromatic nitrogens is 1. The maximum Gasteiger partial charge on any atom is 0.272 e. The number of halogens is 1. The Balaban J connectivity index is 2.33. The number of para-hydroxylation sites is 1. The SMILES string of the molecule is CNC(=O)CN(C)C(=O)c1cc(Cl)c2ccccc2n1. The molecule has 0 spiro atoms. The van der Waals surface area contributed by atoms with E-state index in [0.29, 0.717) is 10.5 Å². The van der Waals surface area contributed by atoms with Gasteiger partial charge in [-0.05, 0) is 12.1 Å². The van der Waals surface area contributed by atoms with Gasteiger partial charge in [0.1, 0.15) is 5.69 Å². The second-order valence-corrected chi connectivity index (χ2v) is 4.75. The molecule has 6 heteroatoms. The molecule has 1 heterocycles. The normalized spacial score (nSPS) is 10.3. The minimum atomic E-state index is -0.346. The van der Waals surface area contributed by atoms with E-state index in [1.54, 1.807) is 13.1 Å². The number of carbonyl (C=O) groups excluding carboxylic acids is 2. The maximum atomic E-state index is 12.2. The van der Waals surface area contributed by atoms with Crippen LogP contribution in [-0.4, -0.2) is 42.3 Å². The van der Waals surface area contributed by atoms with Crippen LogP contribution in [0.15, 0.2) is 30.3 Å². The van der Waals surface area contributed by atoms with Gasteiger partial charge in [-0.15, -0.1) is 0 Å². The third-order valence-electron chi connectivity index (χ3n) is 2.89. The minimum absolute atomic E-state index is 0.0263. The lowest BCUT2D eigenvalue weighted by Crippen LogP contribution is -2.37. The van der Waals surface area contributed by atoms with Crippen molar-refractivity contribution in [1.29, 1.82) is 0 Å². The van der Waals surface area contributed by atoms with Gasteiger partial charge < -0.3 is 10.2 Å². The van der Waals surface area contributed by atoms with E-state index in [2.05, 4.69) is 10.3 Å². The highest BCUT2D eigenvalue weighted by atomic mass is 35.5. The molecule has 2 amide bonds. The van der Waals surface area contributed by atoms with Crippen molar-refractivity contribution >= 4 is 34.3 Å². The highest BCUT2D eigenvalue weighted by Crippen LogP contribution is 2.23. The molecule has 0 atom stereocenters. The van der Waals surface area contributed by atoms with Gasteiger partial charge in [0.05, 0.1) is 17.1 Å². The molecule has 0 aliphatic carbocycles. The zero-order chi connectivity index (χ0) is 14.7. The number of benzene rings is 1. The first kappa shape index (κ1) is 14.3. The first-order valence-electron chi connectivity index (χ1n) is 6.04. The highest BCUT2D eigenvalue weighted by Gasteiger charge is 2.17. The molecule has 0 aliphatic rings. The van der Waals surface area contributed by atoms with Crippen LogP contribution in [0.2, 0.25) is 5.02 Å². The topological polar surface area (TPSA) is 62.3 Å². The molecule has 2 aromatic rings. The van der Waals surface area contributed by atoms with Crippen LogP contribution >= 0.6 is 11.6 Å². The minimum Gasteiger partial charge on any atom is -0.358 e. The van der Waals surface area contributed by atoms with Crippen LogP contribution < -0.4 is 5.32 Å². The molecular weight excluding hydrogens is 278 g/mol. The quantitative estimate of drug-likeness (QED) is 0.936. The zero-order valence-electron chi connectivity index (χ0n) is 11.2. The van der Waals surface area contributed by atoms with Gasteiger partial charge in [-0.25, -0.2) is 4.98 Å². The Morgan fingerprint density at radius 3 is 2.75 bits per heavy atom. The van der Waals surface area contributed by atoms with Gasteiger partial charge in [0.15, 0.2) is 0 Å². The molecule has 20 heavy (non-hydrogen) atoms. The van der Waals surface area contributed by atoms with Crippen molar-refractivity contribution in [3.63, 3.8) is 0 Å². The van der Waals surface area contributed by atoms with Crippen LogP contribution in [0.4, 0.5) is 0 Å². The van der Waals surface area contributed by atoms with Crippen LogP contribution in [0.5, 0.6) is 0 Å². The van der Waals surface area contributed by atoms with Gasteiger partial charge >= 0.3 is 0 Å². The summed E-state index contributed by atoms with van der Waals surface area (Å²) in [6, 6.07) is 8.83. The Hall–Kier alpha value is -2.14. The Bertz CT molecular complexity index is 673. The highest BCUT2D eigenvalue weighted by molar-refractivity contribution is 6.35. The second-order valence-electron chi connectivity index (χ2n) is 4.34. The number of fused-ring (bicyclic) bond motifs is 1. The van der Waals surface area contributed by atoms with E-state index in [9.17, 15) is 9.59 Å². The fraction of sp³-hybridized carbons (Fsp3) is 0.214. The summed E-state index contributed by atoms with van der Waals surface area (Å²) in [4.78, 5) is 29.1. The molecule has 2 rings (SSSR count). The lowest BCUT2D eigenvalue weighted by Gasteiger charge is -2.16.